The van der Waals surface area contributed by atoms with Crippen molar-refractivity contribution in [2.45, 2.75) is 52.1 Å². The SMILES string of the molecule is CC(=O)N[C@H]1CCCN(C(=O)N[C@@H](Cc2ccc(F)cc2)C(C)C)C1. The maximum atomic E-state index is 13.1. The Labute approximate surface area is 149 Å². The molecule has 0 aromatic heterocycles. The van der Waals surface area contributed by atoms with Gasteiger partial charge >= 0.3 is 6.03 Å². The lowest BCUT2D eigenvalue weighted by Crippen LogP contribution is -2.54. The minimum Gasteiger partial charge on any atom is -0.352 e. The average molecular weight is 349 g/mol. The second-order valence-electron chi connectivity index (χ2n) is 7.12. The van der Waals surface area contributed by atoms with Crippen molar-refractivity contribution in [1.29, 1.82) is 0 Å². The lowest BCUT2D eigenvalue weighted by atomic mass is 9.96. The second kappa shape index (κ2) is 8.83. The summed E-state index contributed by atoms with van der Waals surface area (Å²) in [6.45, 7) is 6.85. The van der Waals surface area contributed by atoms with Crippen molar-refractivity contribution in [3.05, 3.63) is 35.6 Å². The van der Waals surface area contributed by atoms with E-state index in [0.29, 0.717) is 19.5 Å². The van der Waals surface area contributed by atoms with Gasteiger partial charge in [0.25, 0.3) is 0 Å². The number of rotatable bonds is 5. The van der Waals surface area contributed by atoms with Crippen molar-refractivity contribution in [3.8, 4) is 0 Å². The van der Waals surface area contributed by atoms with Crippen molar-refractivity contribution in [1.82, 2.24) is 15.5 Å². The first-order valence-corrected chi connectivity index (χ1v) is 8.92. The predicted octanol–water partition coefficient (Wildman–Crippen LogP) is 2.70. The smallest absolute Gasteiger partial charge is 0.317 e. The van der Waals surface area contributed by atoms with E-state index in [1.807, 2.05) is 0 Å². The Morgan fingerprint density at radius 2 is 1.96 bits per heavy atom. The van der Waals surface area contributed by atoms with E-state index in [-0.39, 0.29) is 35.8 Å². The van der Waals surface area contributed by atoms with Crippen LogP contribution in [0.4, 0.5) is 9.18 Å². The number of nitrogens with one attached hydrogen (secondary N) is 2. The number of nitrogens with zero attached hydrogens (tertiary/aromatic N) is 1. The van der Waals surface area contributed by atoms with Crippen LogP contribution in [0.5, 0.6) is 0 Å². The summed E-state index contributed by atoms with van der Waals surface area (Å²) in [5, 5.41) is 6.00. The van der Waals surface area contributed by atoms with Crippen molar-refractivity contribution >= 4 is 11.9 Å². The normalized spacial score (nSPS) is 18.8. The Kier molecular flexibility index (Phi) is 6.79. The molecular formula is C19H28FN3O2. The standard InChI is InChI=1S/C19H28FN3O2/c1-13(2)18(11-15-6-8-16(20)9-7-15)22-19(25)23-10-4-5-17(12-23)21-14(3)24/h6-9,13,17-18H,4-5,10-12H2,1-3H3,(H,21,24)(H,22,25)/t17-,18-/m0/s1. The molecule has 0 saturated carbocycles. The van der Waals surface area contributed by atoms with E-state index in [1.165, 1.54) is 19.1 Å². The van der Waals surface area contributed by atoms with E-state index >= 15 is 0 Å². The highest BCUT2D eigenvalue weighted by molar-refractivity contribution is 5.75. The number of carbonyl (C=O) groups excluding carboxylic acids is 2. The number of carbonyl (C=O) groups is 2. The molecule has 138 valence electrons. The minimum atomic E-state index is -0.258. The number of piperidine rings is 1. The van der Waals surface area contributed by atoms with E-state index in [9.17, 15) is 14.0 Å². The number of halogens is 1. The Bertz CT molecular complexity index is 589. The summed E-state index contributed by atoms with van der Waals surface area (Å²) >= 11 is 0. The number of benzene rings is 1. The van der Waals surface area contributed by atoms with Gasteiger partial charge in [0.2, 0.25) is 5.91 Å². The third-order valence-electron chi connectivity index (χ3n) is 4.60. The average Bonchev–Trinajstić information content (AvgIpc) is 2.55. The first-order chi connectivity index (χ1) is 11.8. The van der Waals surface area contributed by atoms with Crippen LogP contribution in [0.2, 0.25) is 0 Å². The molecule has 5 nitrogen and oxygen atoms in total. The van der Waals surface area contributed by atoms with E-state index < -0.39 is 0 Å². The summed E-state index contributed by atoms with van der Waals surface area (Å²) in [5.41, 5.74) is 0.996. The third-order valence-corrected chi connectivity index (χ3v) is 4.60. The number of urea groups is 1. The van der Waals surface area contributed by atoms with Crippen LogP contribution >= 0.6 is 0 Å². The van der Waals surface area contributed by atoms with Gasteiger partial charge in [-0.1, -0.05) is 26.0 Å². The number of hydrogen-bond donors (Lipinski definition) is 2. The Balaban J connectivity index is 1.95. The van der Waals surface area contributed by atoms with Gasteiger partial charge < -0.3 is 15.5 Å². The molecule has 3 amide bonds. The van der Waals surface area contributed by atoms with Crippen LogP contribution in [0, 0.1) is 11.7 Å². The largest absolute Gasteiger partial charge is 0.352 e. The third kappa shape index (κ3) is 6.03. The Hall–Kier alpha value is -2.11. The molecule has 0 radical (unpaired) electrons. The van der Waals surface area contributed by atoms with E-state index in [4.69, 9.17) is 0 Å². The molecule has 1 aliphatic rings. The van der Waals surface area contributed by atoms with Gasteiger partial charge in [-0.2, -0.15) is 0 Å². The molecule has 1 saturated heterocycles. The molecule has 0 bridgehead atoms. The zero-order chi connectivity index (χ0) is 18.4. The molecule has 2 atom stereocenters. The highest BCUT2D eigenvalue weighted by Gasteiger charge is 2.26. The maximum Gasteiger partial charge on any atom is 0.317 e. The molecule has 6 heteroatoms. The van der Waals surface area contributed by atoms with E-state index in [2.05, 4.69) is 24.5 Å². The summed E-state index contributed by atoms with van der Waals surface area (Å²) in [7, 11) is 0. The lowest BCUT2D eigenvalue weighted by molar-refractivity contribution is -0.119. The first-order valence-electron chi connectivity index (χ1n) is 8.92. The molecule has 1 aromatic carbocycles. The number of hydrogen-bond acceptors (Lipinski definition) is 2. The molecule has 2 N–H and O–H groups in total. The van der Waals surface area contributed by atoms with Crippen molar-refractivity contribution in [2.24, 2.45) is 5.92 Å². The van der Waals surface area contributed by atoms with Crippen LogP contribution in [-0.2, 0) is 11.2 Å². The number of likely N-dealkylation sites (tertiary alicyclic amines) is 1. The molecule has 1 heterocycles. The highest BCUT2D eigenvalue weighted by Crippen LogP contribution is 2.14. The van der Waals surface area contributed by atoms with Crippen LogP contribution in [0.1, 0.15) is 39.2 Å². The monoisotopic (exact) mass is 349 g/mol. The summed E-state index contributed by atoms with van der Waals surface area (Å²) in [6, 6.07) is 6.28. The molecular weight excluding hydrogens is 321 g/mol. The van der Waals surface area contributed by atoms with Crippen LogP contribution < -0.4 is 10.6 Å². The predicted molar refractivity (Wildman–Crippen MR) is 95.7 cm³/mol. The van der Waals surface area contributed by atoms with E-state index in [1.54, 1.807) is 17.0 Å². The fraction of sp³-hybridized carbons (Fsp3) is 0.579. The molecule has 0 aliphatic carbocycles. The van der Waals surface area contributed by atoms with Gasteiger partial charge in [0.15, 0.2) is 0 Å². The lowest BCUT2D eigenvalue weighted by Gasteiger charge is -2.34. The van der Waals surface area contributed by atoms with Crippen LogP contribution in [0.3, 0.4) is 0 Å². The molecule has 1 aromatic rings. The quantitative estimate of drug-likeness (QED) is 0.859. The first kappa shape index (κ1) is 19.2. The summed E-state index contributed by atoms with van der Waals surface area (Å²) in [6.07, 6.45) is 2.43. The molecule has 1 aliphatic heterocycles. The molecule has 25 heavy (non-hydrogen) atoms. The summed E-state index contributed by atoms with van der Waals surface area (Å²) < 4.78 is 13.1. The summed E-state index contributed by atoms with van der Waals surface area (Å²) in [4.78, 5) is 25.6. The fourth-order valence-electron chi connectivity index (χ4n) is 3.14. The van der Waals surface area contributed by atoms with Gasteiger partial charge in [0.05, 0.1) is 0 Å². The molecule has 1 fully saturated rings. The van der Waals surface area contributed by atoms with Gasteiger partial charge in [0, 0.05) is 32.1 Å². The molecule has 0 unspecified atom stereocenters. The Morgan fingerprint density at radius 3 is 2.56 bits per heavy atom. The maximum absolute atomic E-state index is 13.1. The molecule has 2 rings (SSSR count). The van der Waals surface area contributed by atoms with Crippen molar-refractivity contribution in [3.63, 3.8) is 0 Å². The van der Waals surface area contributed by atoms with Crippen molar-refractivity contribution in [2.75, 3.05) is 13.1 Å². The van der Waals surface area contributed by atoms with Crippen LogP contribution in [0.25, 0.3) is 0 Å². The summed E-state index contributed by atoms with van der Waals surface area (Å²) in [5.74, 6) is -0.0697. The topological polar surface area (TPSA) is 61.4 Å². The molecule has 0 spiro atoms. The van der Waals surface area contributed by atoms with Crippen LogP contribution in [0.15, 0.2) is 24.3 Å². The Morgan fingerprint density at radius 1 is 1.28 bits per heavy atom. The van der Waals surface area contributed by atoms with Crippen LogP contribution in [-0.4, -0.2) is 42.0 Å². The van der Waals surface area contributed by atoms with Gasteiger partial charge in [-0.25, -0.2) is 9.18 Å². The minimum absolute atomic E-state index is 0.0200. The fourth-order valence-corrected chi connectivity index (χ4v) is 3.14. The number of amides is 3. The zero-order valence-electron chi connectivity index (χ0n) is 15.2. The van der Waals surface area contributed by atoms with Crippen molar-refractivity contribution < 1.29 is 14.0 Å². The zero-order valence-corrected chi connectivity index (χ0v) is 15.2. The van der Waals surface area contributed by atoms with Gasteiger partial charge in [-0.15, -0.1) is 0 Å². The van der Waals surface area contributed by atoms with Gasteiger partial charge in [-0.3, -0.25) is 4.79 Å². The highest BCUT2D eigenvalue weighted by atomic mass is 19.1. The van der Waals surface area contributed by atoms with Gasteiger partial charge in [-0.05, 0) is 42.9 Å². The van der Waals surface area contributed by atoms with Gasteiger partial charge in [0.1, 0.15) is 5.82 Å². The second-order valence-corrected chi connectivity index (χ2v) is 7.12. The van der Waals surface area contributed by atoms with E-state index in [0.717, 1.165) is 18.4 Å².